The molecule has 0 aromatic heterocycles. The molecule has 1 fully saturated rings. The van der Waals surface area contributed by atoms with E-state index in [4.69, 9.17) is 9.47 Å². The van der Waals surface area contributed by atoms with Crippen LogP contribution < -0.4 is 4.31 Å². The maximum Gasteiger partial charge on any atom is 0.264 e. The van der Waals surface area contributed by atoms with Gasteiger partial charge in [-0.15, -0.1) is 0 Å². The fourth-order valence-corrected chi connectivity index (χ4v) is 3.67. The average Bonchev–Trinajstić information content (AvgIpc) is 2.99. The van der Waals surface area contributed by atoms with E-state index in [1.807, 2.05) is 61.5 Å². The molecule has 1 saturated heterocycles. The van der Waals surface area contributed by atoms with E-state index in [2.05, 4.69) is 0 Å². The third-order valence-corrected chi connectivity index (χ3v) is 4.76. The second-order valence-corrected chi connectivity index (χ2v) is 6.36. The first-order chi connectivity index (χ1) is 11.1. The van der Waals surface area contributed by atoms with Crippen molar-refractivity contribution >= 4 is 17.0 Å². The van der Waals surface area contributed by atoms with Crippen molar-refractivity contribution in [2.24, 2.45) is 0 Å². The van der Waals surface area contributed by atoms with Crippen LogP contribution >= 0.6 is 0 Å². The summed E-state index contributed by atoms with van der Waals surface area (Å²) in [5.74, 6) is 0. The quantitative estimate of drug-likeness (QED) is 0.855. The summed E-state index contributed by atoms with van der Waals surface area (Å²) in [4.78, 5) is 0. The summed E-state index contributed by atoms with van der Waals surface area (Å²) in [7, 11) is 0. The highest BCUT2D eigenvalue weighted by atomic mass is 32.2. The Balaban J connectivity index is 2.03. The number of anilines is 1. The lowest BCUT2D eigenvalue weighted by Crippen LogP contribution is -2.53. The van der Waals surface area contributed by atoms with Gasteiger partial charge in [-0.1, -0.05) is 48.5 Å². The molecular weight excluding hydrogens is 314 g/mol. The molecule has 2 atom stereocenters. The van der Waals surface area contributed by atoms with Crippen molar-refractivity contribution in [1.82, 2.24) is 0 Å². The number of nitrogens with zero attached hydrogens (tertiary/aromatic N) is 1. The Bertz CT molecular complexity index is 686. The average molecular weight is 333 g/mol. The summed E-state index contributed by atoms with van der Waals surface area (Å²) in [6, 6.07) is 17.2. The number of ether oxygens (including phenoxy) is 2. The smallest absolute Gasteiger partial charge is 0.264 e. The van der Waals surface area contributed by atoms with Crippen LogP contribution in [0.15, 0.2) is 54.6 Å². The molecule has 0 amide bonds. The Labute approximate surface area is 138 Å². The maximum atomic E-state index is 12.1. The zero-order valence-electron chi connectivity index (χ0n) is 12.8. The molecule has 0 spiro atoms. The normalized spacial score (nSPS) is 22.0. The van der Waals surface area contributed by atoms with Gasteiger partial charge in [-0.3, -0.25) is 4.55 Å². The zero-order valence-corrected chi connectivity index (χ0v) is 13.7. The van der Waals surface area contributed by atoms with Crippen LogP contribution in [0, 0.1) is 6.92 Å². The number of aryl methyl sites for hydroxylation is 1. The van der Waals surface area contributed by atoms with Crippen LogP contribution in [0.2, 0.25) is 0 Å². The number of hydrogen-bond donors (Lipinski definition) is 1. The van der Waals surface area contributed by atoms with Crippen LogP contribution in [-0.2, 0) is 27.2 Å². The topological polar surface area (TPSA) is 59.0 Å². The van der Waals surface area contributed by atoms with Gasteiger partial charge >= 0.3 is 0 Å². The lowest BCUT2D eigenvalue weighted by atomic mass is 10.0. The molecule has 5 nitrogen and oxygen atoms in total. The van der Waals surface area contributed by atoms with E-state index >= 15 is 0 Å². The molecule has 2 unspecified atom stereocenters. The molecule has 1 aliphatic heterocycles. The Morgan fingerprint density at radius 3 is 2.48 bits per heavy atom. The lowest BCUT2D eigenvalue weighted by Gasteiger charge is -2.38. The van der Waals surface area contributed by atoms with Gasteiger partial charge in [0, 0.05) is 6.42 Å². The van der Waals surface area contributed by atoms with E-state index in [9.17, 15) is 8.76 Å². The predicted octanol–water partition coefficient (Wildman–Crippen LogP) is 2.88. The Morgan fingerprint density at radius 1 is 1.17 bits per heavy atom. The van der Waals surface area contributed by atoms with Crippen LogP contribution in [0.5, 0.6) is 0 Å². The second-order valence-electron chi connectivity index (χ2n) is 5.53. The van der Waals surface area contributed by atoms with Gasteiger partial charge in [-0.05, 0) is 24.1 Å². The number of rotatable bonds is 5. The van der Waals surface area contributed by atoms with E-state index < -0.39 is 17.0 Å². The molecule has 1 aliphatic rings. The van der Waals surface area contributed by atoms with Gasteiger partial charge in [0.1, 0.15) is 6.79 Å². The van der Waals surface area contributed by atoms with Crippen molar-refractivity contribution in [1.29, 1.82) is 0 Å². The standard InChI is InChI=1S/C17H19NO4S/c1-14-7-5-6-10-16(14)18(23(19)20)17(12-21-13-22-17)11-15-8-3-2-4-9-15/h2-10H,11-13H2,1H3,(H,19,20). The van der Waals surface area contributed by atoms with Crippen LogP contribution in [0.1, 0.15) is 11.1 Å². The molecule has 0 aliphatic carbocycles. The van der Waals surface area contributed by atoms with Crippen LogP contribution in [0.3, 0.4) is 0 Å². The largest absolute Gasteiger partial charge is 0.350 e. The van der Waals surface area contributed by atoms with Crippen LogP contribution in [-0.4, -0.2) is 27.9 Å². The number of benzene rings is 2. The summed E-state index contributed by atoms with van der Waals surface area (Å²) in [5, 5.41) is 0. The first-order valence-corrected chi connectivity index (χ1v) is 8.41. The molecule has 122 valence electrons. The van der Waals surface area contributed by atoms with Crippen molar-refractivity contribution in [2.75, 3.05) is 17.7 Å². The van der Waals surface area contributed by atoms with E-state index in [0.29, 0.717) is 12.1 Å². The van der Waals surface area contributed by atoms with Gasteiger partial charge < -0.3 is 9.47 Å². The molecule has 6 heteroatoms. The molecule has 0 saturated carbocycles. The van der Waals surface area contributed by atoms with Gasteiger partial charge in [0.25, 0.3) is 11.3 Å². The predicted molar refractivity (Wildman–Crippen MR) is 89.2 cm³/mol. The van der Waals surface area contributed by atoms with Gasteiger partial charge in [0.05, 0.1) is 12.3 Å². The second kappa shape index (κ2) is 6.80. The van der Waals surface area contributed by atoms with E-state index in [1.165, 1.54) is 4.31 Å². The molecule has 1 heterocycles. The van der Waals surface area contributed by atoms with Crippen molar-refractivity contribution in [2.45, 2.75) is 19.1 Å². The highest BCUT2D eigenvalue weighted by Gasteiger charge is 2.46. The van der Waals surface area contributed by atoms with Crippen molar-refractivity contribution in [3.8, 4) is 0 Å². The van der Waals surface area contributed by atoms with Crippen molar-refractivity contribution < 1.29 is 18.2 Å². The third-order valence-electron chi connectivity index (χ3n) is 3.92. The highest BCUT2D eigenvalue weighted by Crippen LogP contribution is 2.35. The van der Waals surface area contributed by atoms with E-state index in [0.717, 1.165) is 11.1 Å². The maximum absolute atomic E-state index is 12.1. The first kappa shape index (κ1) is 16.1. The number of hydrogen-bond acceptors (Lipinski definition) is 3. The van der Waals surface area contributed by atoms with Gasteiger partial charge in [-0.2, -0.15) is 0 Å². The minimum Gasteiger partial charge on any atom is -0.350 e. The van der Waals surface area contributed by atoms with Crippen LogP contribution in [0.25, 0.3) is 0 Å². The highest BCUT2D eigenvalue weighted by molar-refractivity contribution is 7.80. The Hall–Kier alpha value is -1.73. The molecule has 23 heavy (non-hydrogen) atoms. The third kappa shape index (κ3) is 3.30. The van der Waals surface area contributed by atoms with Gasteiger partial charge in [0.2, 0.25) is 0 Å². The summed E-state index contributed by atoms with van der Waals surface area (Å²) < 4.78 is 34.7. The molecule has 2 aromatic carbocycles. The number of para-hydroxylation sites is 1. The molecular formula is C17H19NO4S. The molecule has 0 bridgehead atoms. The first-order valence-electron chi connectivity index (χ1n) is 7.35. The summed E-state index contributed by atoms with van der Waals surface area (Å²) in [6.45, 7) is 2.23. The fourth-order valence-electron chi connectivity index (χ4n) is 2.84. The van der Waals surface area contributed by atoms with E-state index in [1.54, 1.807) is 0 Å². The Kier molecular flexibility index (Phi) is 4.77. The van der Waals surface area contributed by atoms with Crippen LogP contribution in [0.4, 0.5) is 5.69 Å². The van der Waals surface area contributed by atoms with Crippen molar-refractivity contribution in [3.05, 3.63) is 65.7 Å². The summed E-state index contributed by atoms with van der Waals surface area (Å²) >= 11 is -2.24. The van der Waals surface area contributed by atoms with E-state index in [-0.39, 0.29) is 13.4 Å². The minimum atomic E-state index is -2.24. The minimum absolute atomic E-state index is 0.104. The monoisotopic (exact) mass is 333 g/mol. The molecule has 3 rings (SSSR count). The summed E-state index contributed by atoms with van der Waals surface area (Å²) in [5.41, 5.74) is 1.57. The fraction of sp³-hybridized carbons (Fsp3) is 0.294. The zero-order chi connectivity index (χ0) is 16.3. The van der Waals surface area contributed by atoms with Gasteiger partial charge in [0.15, 0.2) is 5.72 Å². The Morgan fingerprint density at radius 2 is 1.87 bits per heavy atom. The van der Waals surface area contributed by atoms with Crippen molar-refractivity contribution in [3.63, 3.8) is 0 Å². The lowest BCUT2D eigenvalue weighted by molar-refractivity contribution is -0.00137. The molecule has 0 radical (unpaired) electrons. The summed E-state index contributed by atoms with van der Waals surface area (Å²) in [6.07, 6.45) is 0.453. The van der Waals surface area contributed by atoms with Gasteiger partial charge in [-0.25, -0.2) is 8.51 Å². The SMILES string of the molecule is Cc1ccccc1N(S(=O)O)C1(Cc2ccccc2)COCO1. The molecule has 2 aromatic rings. The molecule has 1 N–H and O–H groups in total.